The number of rotatable bonds is 7. The Balaban J connectivity index is 2.73. The number of hydrogen-bond acceptors (Lipinski definition) is 3. The van der Waals surface area contributed by atoms with Crippen LogP contribution < -0.4 is 10.2 Å². The van der Waals surface area contributed by atoms with Crippen molar-refractivity contribution >= 4 is 23.3 Å². The SMILES string of the molecule is CCN(CC)c1ccc(NC(=O)CCC(=O)O)c(C)c1. The van der Waals surface area contributed by atoms with E-state index >= 15 is 0 Å². The van der Waals surface area contributed by atoms with E-state index in [1.165, 1.54) is 0 Å². The van der Waals surface area contributed by atoms with Crippen molar-refractivity contribution in [3.8, 4) is 0 Å². The molecule has 0 atom stereocenters. The number of nitrogens with one attached hydrogen (secondary N) is 1. The largest absolute Gasteiger partial charge is 0.481 e. The predicted octanol–water partition coefficient (Wildman–Crippen LogP) is 2.64. The average Bonchev–Trinajstić information content (AvgIpc) is 2.41. The van der Waals surface area contributed by atoms with Gasteiger partial charge in [0.1, 0.15) is 0 Å². The third-order valence-electron chi connectivity index (χ3n) is 3.18. The van der Waals surface area contributed by atoms with E-state index in [1.54, 1.807) is 0 Å². The van der Waals surface area contributed by atoms with Gasteiger partial charge in [-0.15, -0.1) is 0 Å². The van der Waals surface area contributed by atoms with Crippen molar-refractivity contribution in [2.24, 2.45) is 0 Å². The number of carbonyl (C=O) groups excluding carboxylic acids is 1. The number of benzene rings is 1. The first kappa shape index (κ1) is 16.0. The Morgan fingerprint density at radius 2 is 1.85 bits per heavy atom. The molecular weight excluding hydrogens is 256 g/mol. The molecule has 0 unspecified atom stereocenters. The molecule has 0 saturated carbocycles. The van der Waals surface area contributed by atoms with E-state index in [0.29, 0.717) is 0 Å². The molecule has 0 saturated heterocycles. The van der Waals surface area contributed by atoms with Crippen LogP contribution in [-0.2, 0) is 9.59 Å². The Bertz CT molecular complexity index is 482. The summed E-state index contributed by atoms with van der Waals surface area (Å²) in [6.07, 6.45) is -0.158. The molecule has 0 radical (unpaired) electrons. The molecule has 1 aromatic rings. The third kappa shape index (κ3) is 4.57. The van der Waals surface area contributed by atoms with E-state index in [0.717, 1.165) is 30.0 Å². The fourth-order valence-corrected chi connectivity index (χ4v) is 2.01. The smallest absolute Gasteiger partial charge is 0.303 e. The van der Waals surface area contributed by atoms with Crippen molar-refractivity contribution in [2.75, 3.05) is 23.3 Å². The zero-order valence-electron chi connectivity index (χ0n) is 12.3. The lowest BCUT2D eigenvalue weighted by Gasteiger charge is -2.22. The molecule has 2 N–H and O–H groups in total. The standard InChI is InChI=1S/C15H22N2O3/c1-4-17(5-2)12-6-7-13(11(3)10-12)16-14(18)8-9-15(19)20/h6-7,10H,4-5,8-9H2,1-3H3,(H,16,18)(H,19,20). The summed E-state index contributed by atoms with van der Waals surface area (Å²) < 4.78 is 0. The molecule has 0 fully saturated rings. The van der Waals surface area contributed by atoms with E-state index in [9.17, 15) is 9.59 Å². The number of hydrogen-bond donors (Lipinski definition) is 2. The van der Waals surface area contributed by atoms with Gasteiger partial charge in [0.25, 0.3) is 0 Å². The minimum Gasteiger partial charge on any atom is -0.481 e. The Morgan fingerprint density at radius 3 is 2.35 bits per heavy atom. The van der Waals surface area contributed by atoms with Crippen LogP contribution in [0, 0.1) is 6.92 Å². The number of aryl methyl sites for hydroxylation is 1. The highest BCUT2D eigenvalue weighted by Crippen LogP contribution is 2.22. The van der Waals surface area contributed by atoms with E-state index < -0.39 is 5.97 Å². The van der Waals surface area contributed by atoms with Crippen LogP contribution in [0.1, 0.15) is 32.3 Å². The number of carboxylic acids is 1. The van der Waals surface area contributed by atoms with Crippen LogP contribution in [0.4, 0.5) is 11.4 Å². The highest BCUT2D eigenvalue weighted by molar-refractivity contribution is 5.93. The van der Waals surface area contributed by atoms with Crippen LogP contribution in [0.25, 0.3) is 0 Å². The van der Waals surface area contributed by atoms with E-state index in [4.69, 9.17) is 5.11 Å². The van der Waals surface area contributed by atoms with Crippen molar-refractivity contribution < 1.29 is 14.7 Å². The molecule has 0 heterocycles. The van der Waals surface area contributed by atoms with Gasteiger partial charge in [-0.2, -0.15) is 0 Å². The average molecular weight is 278 g/mol. The van der Waals surface area contributed by atoms with E-state index in [2.05, 4.69) is 24.1 Å². The Morgan fingerprint density at radius 1 is 1.20 bits per heavy atom. The monoisotopic (exact) mass is 278 g/mol. The van der Waals surface area contributed by atoms with Gasteiger partial charge in [0.2, 0.25) is 5.91 Å². The lowest BCUT2D eigenvalue weighted by molar-refractivity contribution is -0.138. The van der Waals surface area contributed by atoms with Crippen LogP contribution >= 0.6 is 0 Å². The van der Waals surface area contributed by atoms with Gasteiger partial charge >= 0.3 is 5.97 Å². The summed E-state index contributed by atoms with van der Waals surface area (Å²) in [7, 11) is 0. The predicted molar refractivity (Wildman–Crippen MR) is 80.2 cm³/mol. The topological polar surface area (TPSA) is 69.6 Å². The molecule has 0 aliphatic rings. The van der Waals surface area contributed by atoms with Gasteiger partial charge in [0, 0.05) is 30.9 Å². The van der Waals surface area contributed by atoms with Crippen LogP contribution in [0.3, 0.4) is 0 Å². The Hall–Kier alpha value is -2.04. The van der Waals surface area contributed by atoms with Crippen molar-refractivity contribution in [1.29, 1.82) is 0 Å². The molecule has 20 heavy (non-hydrogen) atoms. The number of carbonyl (C=O) groups is 2. The molecular formula is C15H22N2O3. The number of nitrogens with zero attached hydrogens (tertiary/aromatic N) is 1. The summed E-state index contributed by atoms with van der Waals surface area (Å²) in [6, 6.07) is 5.86. The summed E-state index contributed by atoms with van der Waals surface area (Å²) in [5.74, 6) is -1.24. The number of amides is 1. The van der Waals surface area contributed by atoms with Crippen molar-refractivity contribution in [3.05, 3.63) is 23.8 Å². The molecule has 0 spiro atoms. The fourth-order valence-electron chi connectivity index (χ4n) is 2.01. The first-order chi connectivity index (χ1) is 9.47. The zero-order chi connectivity index (χ0) is 15.1. The van der Waals surface area contributed by atoms with Crippen molar-refractivity contribution in [2.45, 2.75) is 33.6 Å². The summed E-state index contributed by atoms with van der Waals surface area (Å²) in [5, 5.41) is 11.3. The summed E-state index contributed by atoms with van der Waals surface area (Å²) in [5.41, 5.74) is 2.82. The summed E-state index contributed by atoms with van der Waals surface area (Å²) in [4.78, 5) is 24.3. The molecule has 5 heteroatoms. The molecule has 1 rings (SSSR count). The molecule has 1 aromatic carbocycles. The van der Waals surface area contributed by atoms with E-state index in [-0.39, 0.29) is 18.7 Å². The molecule has 0 aliphatic heterocycles. The summed E-state index contributed by atoms with van der Waals surface area (Å²) in [6.45, 7) is 7.99. The molecule has 0 bridgehead atoms. The zero-order valence-corrected chi connectivity index (χ0v) is 12.3. The first-order valence-corrected chi connectivity index (χ1v) is 6.85. The highest BCUT2D eigenvalue weighted by atomic mass is 16.4. The van der Waals surface area contributed by atoms with Gasteiger partial charge in [0.05, 0.1) is 6.42 Å². The maximum Gasteiger partial charge on any atom is 0.303 e. The van der Waals surface area contributed by atoms with Crippen LogP contribution in [0.5, 0.6) is 0 Å². The second-order valence-corrected chi connectivity index (χ2v) is 4.61. The van der Waals surface area contributed by atoms with E-state index in [1.807, 2.05) is 25.1 Å². The summed E-state index contributed by atoms with van der Waals surface area (Å²) >= 11 is 0. The van der Waals surface area contributed by atoms with Gasteiger partial charge in [-0.1, -0.05) is 0 Å². The van der Waals surface area contributed by atoms with Crippen LogP contribution in [0.15, 0.2) is 18.2 Å². The molecule has 110 valence electrons. The highest BCUT2D eigenvalue weighted by Gasteiger charge is 2.09. The van der Waals surface area contributed by atoms with Gasteiger partial charge in [-0.3, -0.25) is 9.59 Å². The Kier molecular flexibility index (Phi) is 6.03. The first-order valence-electron chi connectivity index (χ1n) is 6.85. The minimum absolute atomic E-state index is 0.00737. The van der Waals surface area contributed by atoms with Gasteiger partial charge in [-0.25, -0.2) is 0 Å². The quantitative estimate of drug-likeness (QED) is 0.804. The van der Waals surface area contributed by atoms with Crippen molar-refractivity contribution in [1.82, 2.24) is 0 Å². The van der Waals surface area contributed by atoms with Crippen LogP contribution in [-0.4, -0.2) is 30.1 Å². The number of anilines is 2. The maximum absolute atomic E-state index is 11.6. The van der Waals surface area contributed by atoms with Gasteiger partial charge < -0.3 is 15.3 Å². The Labute approximate surface area is 119 Å². The third-order valence-corrected chi connectivity index (χ3v) is 3.18. The molecule has 0 aliphatic carbocycles. The van der Waals surface area contributed by atoms with Gasteiger partial charge in [-0.05, 0) is 44.5 Å². The van der Waals surface area contributed by atoms with Crippen LogP contribution in [0.2, 0.25) is 0 Å². The lowest BCUT2D eigenvalue weighted by Crippen LogP contribution is -2.22. The second kappa shape index (κ2) is 7.53. The molecule has 5 nitrogen and oxygen atoms in total. The second-order valence-electron chi connectivity index (χ2n) is 4.61. The molecule has 0 aromatic heterocycles. The number of aliphatic carboxylic acids is 1. The normalized spacial score (nSPS) is 10.2. The minimum atomic E-state index is -0.964. The number of carboxylic acid groups (broad SMARTS) is 1. The fraction of sp³-hybridized carbons (Fsp3) is 0.467. The maximum atomic E-state index is 11.6. The van der Waals surface area contributed by atoms with Gasteiger partial charge in [0.15, 0.2) is 0 Å². The lowest BCUT2D eigenvalue weighted by atomic mass is 10.1. The van der Waals surface area contributed by atoms with Crippen molar-refractivity contribution in [3.63, 3.8) is 0 Å². The molecule has 1 amide bonds.